The number of ether oxygens (including phenoxy) is 3. The number of hydrogen-bond donors (Lipinski definition) is 1. The molecule has 0 bridgehead atoms. The van der Waals surface area contributed by atoms with E-state index in [1.165, 1.54) is 0 Å². The third kappa shape index (κ3) is 10.6. The molecule has 33 heavy (non-hydrogen) atoms. The topological polar surface area (TPSA) is 94.4 Å². The van der Waals surface area contributed by atoms with Gasteiger partial charge in [0.1, 0.15) is 11.5 Å². The minimum Gasteiger partial charge on any atom is -0.540 e. The molecule has 0 aliphatic heterocycles. The van der Waals surface area contributed by atoms with Crippen molar-refractivity contribution in [2.45, 2.75) is 0 Å². The summed E-state index contributed by atoms with van der Waals surface area (Å²) in [6.07, 6.45) is 0.715. The van der Waals surface area contributed by atoms with Gasteiger partial charge in [-0.2, -0.15) is 8.42 Å². The zero-order chi connectivity index (χ0) is 22.9. The van der Waals surface area contributed by atoms with Gasteiger partial charge in [-0.05, 0) is 47.7 Å². The van der Waals surface area contributed by atoms with Crippen molar-refractivity contribution in [3.63, 3.8) is 0 Å². The van der Waals surface area contributed by atoms with Crippen LogP contribution in [0.15, 0.2) is 71.7 Å². The summed E-state index contributed by atoms with van der Waals surface area (Å²) in [5.41, 5.74) is 3.51. The summed E-state index contributed by atoms with van der Waals surface area (Å²) in [5.74, 6) is 2.36. The van der Waals surface area contributed by atoms with E-state index in [2.05, 4.69) is 6.07 Å². The summed E-state index contributed by atoms with van der Waals surface area (Å²) in [6.45, 7) is 0. The Morgan fingerprint density at radius 3 is 1.64 bits per heavy atom. The molecule has 3 rings (SSSR count). The van der Waals surface area contributed by atoms with E-state index < -0.39 is 10.1 Å². The first-order chi connectivity index (χ1) is 14.7. The maximum Gasteiger partial charge on any atom is 0.261 e. The maximum absolute atomic E-state index is 9.19. The minimum atomic E-state index is -3.67. The van der Waals surface area contributed by atoms with E-state index in [9.17, 15) is 8.42 Å². The van der Waals surface area contributed by atoms with Crippen LogP contribution >= 0.6 is 0 Å². The Morgan fingerprint density at radius 2 is 1.24 bits per heavy atom. The van der Waals surface area contributed by atoms with Gasteiger partial charge in [0, 0.05) is 25.9 Å². The number of nitrogens with zero attached hydrogens (tertiary/aromatic N) is 1. The Hall–Kier alpha value is -2.71. The van der Waals surface area contributed by atoms with Gasteiger partial charge in [0.15, 0.2) is 0 Å². The Balaban J connectivity index is 0.00000133. The van der Waals surface area contributed by atoms with E-state index >= 15 is 0 Å². The molecule has 0 aliphatic rings. The summed E-state index contributed by atoms with van der Waals surface area (Å²) in [6, 6.07) is 24.3. The number of aliphatic imine (C=N–C) groups is 1. The molecular formula is C24H27IrNO6S-2. The van der Waals surface area contributed by atoms with E-state index in [1.807, 2.05) is 66.7 Å². The van der Waals surface area contributed by atoms with Crippen LogP contribution < -0.4 is 14.2 Å². The third-order valence-electron chi connectivity index (χ3n) is 3.95. The standard InChI is InChI=1S/C22H20NO3.CH4O3S.CH3.Ir/c1-24-19-10-4-16(5-11-19)22(17-6-12-20(25-2)13-7-17)23-18-8-14-21(26-3)15-9-18;1-5(2,3)4;;/h4-6,8-15H,1-3H3;1H3,(H,2,3,4);1H3;/q-1;;-1;. The molecule has 0 amide bonds. The second-order valence-electron chi connectivity index (χ2n) is 6.26. The molecule has 0 spiro atoms. The summed E-state index contributed by atoms with van der Waals surface area (Å²) >= 11 is 0. The van der Waals surface area contributed by atoms with Crippen LogP contribution in [0, 0.1) is 13.5 Å². The van der Waals surface area contributed by atoms with Crippen molar-refractivity contribution in [1.29, 1.82) is 0 Å². The normalized spacial score (nSPS) is 10.5. The fourth-order valence-electron chi connectivity index (χ4n) is 2.50. The van der Waals surface area contributed by atoms with Crippen LogP contribution in [0.5, 0.6) is 17.2 Å². The second-order valence-corrected chi connectivity index (χ2v) is 7.73. The van der Waals surface area contributed by atoms with E-state index in [4.69, 9.17) is 23.8 Å². The number of benzene rings is 3. The molecule has 0 atom stereocenters. The smallest absolute Gasteiger partial charge is 0.261 e. The molecule has 1 N–H and O–H groups in total. The van der Waals surface area contributed by atoms with Gasteiger partial charge in [-0.25, -0.2) is 0 Å². The maximum atomic E-state index is 9.19. The first-order valence-electron chi connectivity index (χ1n) is 9.09. The zero-order valence-electron chi connectivity index (χ0n) is 19.0. The van der Waals surface area contributed by atoms with E-state index in [0.717, 1.165) is 39.8 Å². The summed E-state index contributed by atoms with van der Waals surface area (Å²) < 4.78 is 41.6. The van der Waals surface area contributed by atoms with E-state index in [1.54, 1.807) is 21.3 Å². The predicted octanol–water partition coefficient (Wildman–Crippen LogP) is 4.63. The average Bonchev–Trinajstić information content (AvgIpc) is 2.77. The first kappa shape index (κ1) is 30.3. The van der Waals surface area contributed by atoms with Gasteiger partial charge in [0.25, 0.3) is 10.1 Å². The van der Waals surface area contributed by atoms with Crippen molar-refractivity contribution in [3.05, 3.63) is 91.3 Å². The molecule has 0 unspecified atom stereocenters. The molecule has 0 saturated heterocycles. The van der Waals surface area contributed by atoms with Crippen molar-refractivity contribution in [3.8, 4) is 17.2 Å². The molecule has 3 aromatic rings. The molecule has 9 heteroatoms. The van der Waals surface area contributed by atoms with Gasteiger partial charge >= 0.3 is 0 Å². The van der Waals surface area contributed by atoms with Crippen LogP contribution in [0.4, 0.5) is 5.69 Å². The van der Waals surface area contributed by atoms with E-state index in [0.29, 0.717) is 6.26 Å². The summed E-state index contributed by atoms with van der Waals surface area (Å²) in [4.78, 5) is 4.83. The van der Waals surface area contributed by atoms with Crippen LogP contribution in [-0.4, -0.2) is 46.3 Å². The largest absolute Gasteiger partial charge is 0.540 e. The average molecular weight is 650 g/mol. The van der Waals surface area contributed by atoms with Crippen molar-refractivity contribution in [2.24, 2.45) is 4.99 Å². The fourth-order valence-corrected chi connectivity index (χ4v) is 2.50. The predicted molar refractivity (Wildman–Crippen MR) is 127 cm³/mol. The van der Waals surface area contributed by atoms with Crippen LogP contribution in [0.1, 0.15) is 11.1 Å². The van der Waals surface area contributed by atoms with Crippen molar-refractivity contribution < 1.29 is 47.3 Å². The molecule has 0 aromatic heterocycles. The molecule has 0 saturated carbocycles. The first-order valence-corrected chi connectivity index (χ1v) is 10.9. The summed E-state index contributed by atoms with van der Waals surface area (Å²) in [7, 11) is 1.27. The number of rotatable bonds is 6. The molecule has 1 radical (unpaired) electrons. The molecule has 0 aliphatic carbocycles. The zero-order valence-corrected chi connectivity index (χ0v) is 22.2. The van der Waals surface area contributed by atoms with Crippen LogP contribution in [-0.2, 0) is 30.2 Å². The van der Waals surface area contributed by atoms with E-state index in [-0.39, 0.29) is 27.5 Å². The summed E-state index contributed by atoms with van der Waals surface area (Å²) in [5, 5.41) is 0. The Kier molecular flexibility index (Phi) is 13.3. The molecule has 7 nitrogen and oxygen atoms in total. The monoisotopic (exact) mass is 650 g/mol. The van der Waals surface area contributed by atoms with Crippen molar-refractivity contribution >= 4 is 21.5 Å². The van der Waals surface area contributed by atoms with Crippen LogP contribution in [0.2, 0.25) is 0 Å². The van der Waals surface area contributed by atoms with Gasteiger partial charge in [-0.1, -0.05) is 12.1 Å². The second kappa shape index (κ2) is 14.4. The quantitative estimate of drug-likeness (QED) is 0.238. The van der Waals surface area contributed by atoms with Crippen LogP contribution in [0.3, 0.4) is 0 Å². The van der Waals surface area contributed by atoms with Crippen LogP contribution in [0.25, 0.3) is 0 Å². The third-order valence-corrected chi connectivity index (χ3v) is 3.95. The Morgan fingerprint density at radius 1 is 0.818 bits per heavy atom. The number of methoxy groups -OCH3 is 3. The molecule has 0 heterocycles. The SMILES string of the molecule is COc1c[c-]c(C(=Nc2ccc(OC)cc2)c2ccc(OC)cc2)cc1.CS(=O)(=O)O.[CH3-].[Ir]. The number of hydrogen-bond acceptors (Lipinski definition) is 6. The van der Waals surface area contributed by atoms with Crippen molar-refractivity contribution in [2.75, 3.05) is 27.6 Å². The van der Waals surface area contributed by atoms with Gasteiger partial charge < -0.3 is 21.6 Å². The Labute approximate surface area is 209 Å². The molecule has 0 fully saturated rings. The Bertz CT molecular complexity index is 1040. The van der Waals surface area contributed by atoms with Crippen molar-refractivity contribution in [1.82, 2.24) is 0 Å². The van der Waals surface area contributed by atoms with Gasteiger partial charge in [0.2, 0.25) is 0 Å². The molecule has 181 valence electrons. The van der Waals surface area contributed by atoms with Gasteiger partial charge in [0.05, 0.1) is 33.3 Å². The molecule has 3 aromatic carbocycles. The fraction of sp³-hybridized carbons (Fsp3) is 0.167. The van der Waals surface area contributed by atoms with Gasteiger partial charge in [-0.15, -0.1) is 29.8 Å². The molecular weight excluding hydrogens is 623 g/mol. The minimum absolute atomic E-state index is 0. The van der Waals surface area contributed by atoms with Gasteiger partial charge in [-0.3, -0.25) is 9.55 Å².